The van der Waals surface area contributed by atoms with Crippen molar-refractivity contribution in [3.63, 3.8) is 0 Å². The van der Waals surface area contributed by atoms with Gasteiger partial charge in [-0.25, -0.2) is 4.99 Å². The fraction of sp³-hybridized carbons (Fsp3) is 0.179. The summed E-state index contributed by atoms with van der Waals surface area (Å²) in [6.45, 7) is 5.94. The Kier molecular flexibility index (Phi) is 9.47. The lowest BCUT2D eigenvalue weighted by Crippen LogP contribution is -2.40. The van der Waals surface area contributed by atoms with Gasteiger partial charge in [0.15, 0.2) is 16.3 Å². The van der Waals surface area contributed by atoms with Crippen LogP contribution in [0.1, 0.15) is 46.3 Å². The third kappa shape index (κ3) is 6.75. The number of nitrogens with zero attached hydrogens (tertiary/aromatic N) is 3. The number of nitriles is 1. The lowest BCUT2D eigenvalue weighted by atomic mass is 9.95. The molecule has 5 aromatic rings. The molecule has 0 unspecified atom stereocenters. The van der Waals surface area contributed by atoms with Crippen LogP contribution in [0.15, 0.2) is 106 Å². The van der Waals surface area contributed by atoms with Crippen LogP contribution in [0.2, 0.25) is 0 Å². The van der Waals surface area contributed by atoms with E-state index in [1.165, 1.54) is 11.3 Å². The van der Waals surface area contributed by atoms with Gasteiger partial charge in [-0.1, -0.05) is 65.4 Å². The van der Waals surface area contributed by atoms with Gasteiger partial charge in [-0.15, -0.1) is 0 Å². The number of methoxy groups -OCH3 is 2. The molecule has 6 rings (SSSR count). The fourth-order valence-corrected chi connectivity index (χ4v) is 6.86. The second kappa shape index (κ2) is 14.1. The van der Waals surface area contributed by atoms with Crippen molar-refractivity contribution in [2.24, 2.45) is 4.99 Å². The van der Waals surface area contributed by atoms with E-state index in [9.17, 15) is 14.9 Å². The largest absolute Gasteiger partial charge is 0.497 e. The second-order valence-electron chi connectivity index (χ2n) is 11.6. The summed E-state index contributed by atoms with van der Waals surface area (Å²) >= 11 is 1.25. The Labute approximate surface area is 287 Å². The van der Waals surface area contributed by atoms with Gasteiger partial charge in [0, 0.05) is 11.3 Å². The normalized spacial score (nSPS) is 14.0. The predicted molar refractivity (Wildman–Crippen MR) is 190 cm³/mol. The standard InChI is InChI=1S/C39H34N4O5S/c1-23-10-16-31(24(2)18-23)42-37(44)35-25(3)41-39-43(36(35)27-12-14-30(46-4)15-13-27)38(45)34(49-39)20-26-11-17-32(33(19-26)47-5)48-22-29-9-7-6-8-28(29)21-40/h6-20,36H,22H2,1-5H3,(H,42,44)/b34-20+/t36-/m0/s1. The van der Waals surface area contributed by atoms with Crippen LogP contribution in [0.3, 0.4) is 0 Å². The third-order valence-corrected chi connectivity index (χ3v) is 9.32. The fourth-order valence-electron chi connectivity index (χ4n) is 5.81. The van der Waals surface area contributed by atoms with Crippen LogP contribution in [0.5, 0.6) is 17.2 Å². The summed E-state index contributed by atoms with van der Waals surface area (Å²) in [5, 5.41) is 12.5. The molecule has 1 N–H and O–H groups in total. The van der Waals surface area contributed by atoms with Gasteiger partial charge in [0.05, 0.1) is 47.7 Å². The van der Waals surface area contributed by atoms with E-state index in [1.807, 2.05) is 80.6 Å². The number of rotatable bonds is 9. The zero-order chi connectivity index (χ0) is 34.7. The SMILES string of the molecule is COc1ccc([C@H]2C(C(=O)Nc3ccc(C)cc3C)=C(C)N=c3s/c(=C/c4ccc(OCc5ccccc5C#N)c(OC)c4)c(=O)n32)cc1. The van der Waals surface area contributed by atoms with Crippen LogP contribution >= 0.6 is 11.3 Å². The Bertz CT molecular complexity index is 2330. The number of carbonyl (C=O) groups excluding carboxylic acids is 1. The number of aryl methyl sites for hydroxylation is 2. The van der Waals surface area contributed by atoms with Gasteiger partial charge < -0.3 is 19.5 Å². The number of aromatic nitrogens is 1. The summed E-state index contributed by atoms with van der Waals surface area (Å²) in [7, 11) is 3.14. The van der Waals surface area contributed by atoms with E-state index < -0.39 is 6.04 Å². The highest BCUT2D eigenvalue weighted by Crippen LogP contribution is 2.33. The van der Waals surface area contributed by atoms with Crippen molar-refractivity contribution in [2.75, 3.05) is 19.5 Å². The topological polar surface area (TPSA) is 115 Å². The van der Waals surface area contributed by atoms with Gasteiger partial charge in [-0.3, -0.25) is 14.2 Å². The highest BCUT2D eigenvalue weighted by atomic mass is 32.1. The zero-order valence-corrected chi connectivity index (χ0v) is 28.6. The van der Waals surface area contributed by atoms with Gasteiger partial charge in [-0.2, -0.15) is 5.26 Å². The quantitative estimate of drug-likeness (QED) is 0.207. The number of thiazole rings is 1. The highest BCUT2D eigenvalue weighted by molar-refractivity contribution is 7.07. The van der Waals surface area contributed by atoms with Crippen molar-refractivity contribution in [1.29, 1.82) is 5.26 Å². The number of hydrogen-bond donors (Lipinski definition) is 1. The molecule has 0 fully saturated rings. The van der Waals surface area contributed by atoms with E-state index in [-0.39, 0.29) is 18.1 Å². The maximum atomic E-state index is 14.2. The van der Waals surface area contributed by atoms with Crippen molar-refractivity contribution in [2.45, 2.75) is 33.4 Å². The third-order valence-electron chi connectivity index (χ3n) is 8.33. The predicted octanol–water partition coefficient (Wildman–Crippen LogP) is 5.96. The van der Waals surface area contributed by atoms with Crippen molar-refractivity contribution in [1.82, 2.24) is 4.57 Å². The number of amides is 1. The minimum Gasteiger partial charge on any atom is -0.497 e. The molecule has 0 aliphatic carbocycles. The Hall–Kier alpha value is -5.92. The Morgan fingerprint density at radius 1 is 0.980 bits per heavy atom. The second-order valence-corrected chi connectivity index (χ2v) is 12.6. The number of allylic oxidation sites excluding steroid dienone is 1. The van der Waals surface area contributed by atoms with Crippen LogP contribution < -0.4 is 34.4 Å². The number of anilines is 1. The molecule has 2 heterocycles. The molecule has 0 saturated heterocycles. The zero-order valence-electron chi connectivity index (χ0n) is 27.7. The molecule has 1 atom stereocenters. The molecular weight excluding hydrogens is 637 g/mol. The van der Waals surface area contributed by atoms with Crippen molar-refractivity contribution in [3.05, 3.63) is 149 Å². The number of carbonyl (C=O) groups is 1. The van der Waals surface area contributed by atoms with Crippen LogP contribution in [0, 0.1) is 25.2 Å². The van der Waals surface area contributed by atoms with E-state index >= 15 is 0 Å². The first kappa shape index (κ1) is 33.0. The molecule has 1 amide bonds. The van der Waals surface area contributed by atoms with Crippen LogP contribution in [-0.2, 0) is 11.4 Å². The van der Waals surface area contributed by atoms with Gasteiger partial charge >= 0.3 is 0 Å². The molecule has 4 aromatic carbocycles. The monoisotopic (exact) mass is 670 g/mol. The van der Waals surface area contributed by atoms with E-state index in [0.717, 1.165) is 27.8 Å². The van der Waals surface area contributed by atoms with Crippen molar-refractivity contribution >= 4 is 29.0 Å². The molecular formula is C39H34N4O5S. The molecule has 246 valence electrons. The highest BCUT2D eigenvalue weighted by Gasteiger charge is 2.32. The van der Waals surface area contributed by atoms with Crippen molar-refractivity contribution < 1.29 is 19.0 Å². The average Bonchev–Trinajstić information content (AvgIpc) is 3.41. The number of nitrogens with one attached hydrogen (secondary N) is 1. The van der Waals surface area contributed by atoms with Crippen molar-refractivity contribution in [3.8, 4) is 23.3 Å². The molecule has 0 radical (unpaired) electrons. The van der Waals surface area contributed by atoms with Crippen LogP contribution in [0.4, 0.5) is 5.69 Å². The first-order valence-electron chi connectivity index (χ1n) is 15.5. The summed E-state index contributed by atoms with van der Waals surface area (Å²) < 4.78 is 19.0. The first-order chi connectivity index (χ1) is 23.7. The lowest BCUT2D eigenvalue weighted by Gasteiger charge is -2.25. The Balaban J connectivity index is 1.38. The van der Waals surface area contributed by atoms with E-state index in [2.05, 4.69) is 11.4 Å². The van der Waals surface area contributed by atoms with Crippen LogP contribution in [0.25, 0.3) is 6.08 Å². The van der Waals surface area contributed by atoms with Gasteiger partial charge in [-0.05, 0) is 79.9 Å². The number of benzene rings is 4. The number of hydrogen-bond acceptors (Lipinski definition) is 8. The van der Waals surface area contributed by atoms with Crippen LogP contribution in [-0.4, -0.2) is 24.7 Å². The molecule has 0 spiro atoms. The maximum Gasteiger partial charge on any atom is 0.271 e. The van der Waals surface area contributed by atoms with Gasteiger partial charge in [0.2, 0.25) is 0 Å². The molecule has 1 aromatic heterocycles. The summed E-state index contributed by atoms with van der Waals surface area (Å²) in [6.07, 6.45) is 1.78. The summed E-state index contributed by atoms with van der Waals surface area (Å²) in [6, 6.07) is 27.3. The first-order valence-corrected chi connectivity index (χ1v) is 16.4. The summed E-state index contributed by atoms with van der Waals surface area (Å²) in [5.74, 6) is 1.31. The minimum absolute atomic E-state index is 0.197. The smallest absolute Gasteiger partial charge is 0.271 e. The Morgan fingerprint density at radius 2 is 1.76 bits per heavy atom. The van der Waals surface area contributed by atoms with Gasteiger partial charge in [0.25, 0.3) is 11.5 Å². The molecule has 9 nitrogen and oxygen atoms in total. The number of fused-ring (bicyclic) bond motifs is 1. The molecule has 1 aliphatic heterocycles. The number of ether oxygens (including phenoxy) is 3. The van der Waals surface area contributed by atoms with E-state index in [0.29, 0.717) is 49.1 Å². The summed E-state index contributed by atoms with van der Waals surface area (Å²) in [5.41, 5.74) is 6.12. The summed E-state index contributed by atoms with van der Waals surface area (Å²) in [4.78, 5) is 33.5. The Morgan fingerprint density at radius 3 is 2.47 bits per heavy atom. The lowest BCUT2D eigenvalue weighted by molar-refractivity contribution is -0.113. The molecule has 10 heteroatoms. The van der Waals surface area contributed by atoms with Gasteiger partial charge in [0.1, 0.15) is 12.4 Å². The maximum absolute atomic E-state index is 14.2. The van der Waals surface area contributed by atoms with E-state index in [4.69, 9.17) is 19.2 Å². The van der Waals surface area contributed by atoms with E-state index in [1.54, 1.807) is 50.0 Å². The molecule has 0 bridgehead atoms. The average molecular weight is 671 g/mol. The molecule has 49 heavy (non-hydrogen) atoms. The molecule has 0 saturated carbocycles. The molecule has 1 aliphatic rings. The minimum atomic E-state index is -0.725.